The SMILES string of the molecule is CCOc1cc(/C=N/NC(N)=S)cc(Br)c1OC(C)=O. The lowest BCUT2D eigenvalue weighted by molar-refractivity contribution is -0.132. The standard InChI is InChI=1S/C12H14BrN3O3S/c1-3-18-10-5-8(6-15-16-12(14)20)4-9(13)11(10)19-7(2)17/h4-6H,3H2,1-2H3,(H3,14,16,20)/b15-6+. The number of nitrogens with zero attached hydrogens (tertiary/aromatic N) is 1. The van der Waals surface area contributed by atoms with Gasteiger partial charge < -0.3 is 15.2 Å². The van der Waals surface area contributed by atoms with Gasteiger partial charge in [0, 0.05) is 6.92 Å². The number of thiocarbonyl (C=S) groups is 1. The first kappa shape index (κ1) is 16.4. The van der Waals surface area contributed by atoms with E-state index in [2.05, 4.69) is 38.7 Å². The summed E-state index contributed by atoms with van der Waals surface area (Å²) in [5.74, 6) is 0.343. The normalized spacial score (nSPS) is 10.3. The van der Waals surface area contributed by atoms with Gasteiger partial charge in [0.1, 0.15) is 0 Å². The monoisotopic (exact) mass is 359 g/mol. The first-order valence-corrected chi connectivity index (χ1v) is 6.87. The Hall–Kier alpha value is -1.67. The Kier molecular flexibility index (Phi) is 6.40. The molecule has 0 aliphatic heterocycles. The molecule has 0 aromatic heterocycles. The Labute approximate surface area is 130 Å². The van der Waals surface area contributed by atoms with Crippen molar-refractivity contribution in [1.82, 2.24) is 5.43 Å². The van der Waals surface area contributed by atoms with Crippen LogP contribution in [0.4, 0.5) is 0 Å². The first-order valence-electron chi connectivity index (χ1n) is 5.67. The molecule has 0 aliphatic carbocycles. The van der Waals surface area contributed by atoms with Crippen LogP contribution in [0.1, 0.15) is 19.4 Å². The van der Waals surface area contributed by atoms with Crippen LogP contribution in [0.5, 0.6) is 11.5 Å². The maximum absolute atomic E-state index is 11.1. The van der Waals surface area contributed by atoms with Gasteiger partial charge in [-0.2, -0.15) is 5.10 Å². The summed E-state index contributed by atoms with van der Waals surface area (Å²) < 4.78 is 11.1. The molecule has 0 atom stereocenters. The minimum absolute atomic E-state index is 0.0712. The van der Waals surface area contributed by atoms with E-state index in [1.165, 1.54) is 13.1 Å². The molecule has 6 nitrogen and oxygen atoms in total. The molecule has 0 heterocycles. The summed E-state index contributed by atoms with van der Waals surface area (Å²) in [6.07, 6.45) is 1.52. The molecule has 0 saturated carbocycles. The molecular formula is C12H14BrN3O3S. The molecule has 1 aromatic carbocycles. The van der Waals surface area contributed by atoms with E-state index in [0.717, 1.165) is 5.56 Å². The summed E-state index contributed by atoms with van der Waals surface area (Å²) in [5.41, 5.74) is 8.43. The molecule has 0 spiro atoms. The number of nitrogens with one attached hydrogen (secondary N) is 1. The highest BCUT2D eigenvalue weighted by Gasteiger charge is 2.13. The second-order valence-electron chi connectivity index (χ2n) is 3.59. The number of ether oxygens (including phenoxy) is 2. The van der Waals surface area contributed by atoms with Crippen LogP contribution in [0, 0.1) is 0 Å². The summed E-state index contributed by atoms with van der Waals surface area (Å²) >= 11 is 7.96. The summed E-state index contributed by atoms with van der Waals surface area (Å²) in [4.78, 5) is 11.1. The van der Waals surface area contributed by atoms with E-state index in [-0.39, 0.29) is 5.11 Å². The van der Waals surface area contributed by atoms with Crippen molar-refractivity contribution >= 4 is 45.4 Å². The number of hydrogen-bond donors (Lipinski definition) is 2. The fraction of sp³-hybridized carbons (Fsp3) is 0.250. The Morgan fingerprint density at radius 1 is 1.60 bits per heavy atom. The van der Waals surface area contributed by atoms with E-state index in [4.69, 9.17) is 15.2 Å². The van der Waals surface area contributed by atoms with Crippen LogP contribution < -0.4 is 20.6 Å². The van der Waals surface area contributed by atoms with Crippen LogP contribution in [-0.4, -0.2) is 23.9 Å². The lowest BCUT2D eigenvalue weighted by atomic mass is 10.2. The van der Waals surface area contributed by atoms with E-state index in [1.54, 1.807) is 12.1 Å². The van der Waals surface area contributed by atoms with Crippen molar-refractivity contribution in [3.63, 3.8) is 0 Å². The number of carbonyl (C=O) groups excluding carboxylic acids is 1. The fourth-order valence-corrected chi connectivity index (χ4v) is 1.93. The molecule has 0 radical (unpaired) electrons. The number of carbonyl (C=O) groups is 1. The van der Waals surface area contributed by atoms with Crippen LogP contribution in [0.15, 0.2) is 21.7 Å². The van der Waals surface area contributed by atoms with E-state index in [1.807, 2.05) is 6.92 Å². The molecule has 8 heteroatoms. The molecule has 3 N–H and O–H groups in total. The van der Waals surface area contributed by atoms with Crippen LogP contribution in [0.2, 0.25) is 0 Å². The van der Waals surface area contributed by atoms with Gasteiger partial charge in [-0.25, -0.2) is 0 Å². The second-order valence-corrected chi connectivity index (χ2v) is 4.89. The van der Waals surface area contributed by atoms with Crippen molar-refractivity contribution in [3.05, 3.63) is 22.2 Å². The van der Waals surface area contributed by atoms with E-state index in [0.29, 0.717) is 22.6 Å². The van der Waals surface area contributed by atoms with Gasteiger partial charge in [0.05, 0.1) is 17.3 Å². The van der Waals surface area contributed by atoms with Crippen molar-refractivity contribution in [1.29, 1.82) is 0 Å². The number of esters is 1. The minimum atomic E-state index is -0.428. The third-order valence-corrected chi connectivity index (χ3v) is 2.65. The van der Waals surface area contributed by atoms with E-state index >= 15 is 0 Å². The topological polar surface area (TPSA) is 85.9 Å². The third kappa shape index (κ3) is 5.14. The number of hydrogen-bond acceptors (Lipinski definition) is 5. The van der Waals surface area contributed by atoms with Gasteiger partial charge in [-0.1, -0.05) is 0 Å². The molecule has 20 heavy (non-hydrogen) atoms. The molecule has 108 valence electrons. The van der Waals surface area contributed by atoms with Gasteiger partial charge in [-0.15, -0.1) is 0 Å². The van der Waals surface area contributed by atoms with Gasteiger partial charge in [-0.3, -0.25) is 10.2 Å². The van der Waals surface area contributed by atoms with Crippen LogP contribution >= 0.6 is 28.1 Å². The zero-order chi connectivity index (χ0) is 15.1. The zero-order valence-corrected chi connectivity index (χ0v) is 13.4. The van der Waals surface area contributed by atoms with Crippen molar-refractivity contribution in [2.75, 3.05) is 6.61 Å². The number of benzene rings is 1. The van der Waals surface area contributed by atoms with Crippen molar-refractivity contribution in [3.8, 4) is 11.5 Å². The Bertz CT molecular complexity index is 549. The molecular weight excluding hydrogens is 346 g/mol. The average Bonchev–Trinajstić information content (AvgIpc) is 2.33. The van der Waals surface area contributed by atoms with Crippen LogP contribution in [0.3, 0.4) is 0 Å². The fourth-order valence-electron chi connectivity index (χ4n) is 1.34. The molecule has 0 unspecified atom stereocenters. The van der Waals surface area contributed by atoms with Crippen molar-refractivity contribution < 1.29 is 14.3 Å². The smallest absolute Gasteiger partial charge is 0.308 e. The number of hydrazone groups is 1. The second kappa shape index (κ2) is 7.81. The Morgan fingerprint density at radius 2 is 2.30 bits per heavy atom. The van der Waals surface area contributed by atoms with Crippen molar-refractivity contribution in [2.45, 2.75) is 13.8 Å². The highest BCUT2D eigenvalue weighted by Crippen LogP contribution is 2.36. The highest BCUT2D eigenvalue weighted by molar-refractivity contribution is 9.10. The van der Waals surface area contributed by atoms with Gasteiger partial charge >= 0.3 is 5.97 Å². The summed E-state index contributed by atoms with van der Waals surface area (Å²) in [5, 5.41) is 3.92. The van der Waals surface area contributed by atoms with E-state index < -0.39 is 5.97 Å². The molecule has 1 aromatic rings. The number of nitrogens with two attached hydrogens (primary N) is 1. The van der Waals surface area contributed by atoms with Crippen LogP contribution in [0.25, 0.3) is 0 Å². The third-order valence-electron chi connectivity index (χ3n) is 1.97. The van der Waals surface area contributed by atoms with Gasteiger partial charge in [0.15, 0.2) is 16.6 Å². The number of halogens is 1. The zero-order valence-electron chi connectivity index (χ0n) is 11.0. The average molecular weight is 360 g/mol. The predicted octanol–water partition coefficient (Wildman–Crippen LogP) is 1.94. The molecule has 0 amide bonds. The first-order chi connectivity index (χ1) is 9.43. The lowest BCUT2D eigenvalue weighted by Gasteiger charge is -2.12. The Balaban J connectivity index is 3.08. The maximum atomic E-state index is 11.1. The van der Waals surface area contributed by atoms with Gasteiger partial charge in [0.25, 0.3) is 0 Å². The van der Waals surface area contributed by atoms with Gasteiger partial charge in [0.2, 0.25) is 0 Å². The summed E-state index contributed by atoms with van der Waals surface area (Å²) in [6.45, 7) is 3.59. The predicted molar refractivity (Wildman–Crippen MR) is 84.1 cm³/mol. The van der Waals surface area contributed by atoms with E-state index in [9.17, 15) is 4.79 Å². The number of rotatable bonds is 5. The minimum Gasteiger partial charge on any atom is -0.490 e. The summed E-state index contributed by atoms with van der Waals surface area (Å²) in [7, 11) is 0. The molecule has 1 rings (SSSR count). The molecule has 0 bridgehead atoms. The van der Waals surface area contributed by atoms with Gasteiger partial charge in [-0.05, 0) is 52.8 Å². The maximum Gasteiger partial charge on any atom is 0.308 e. The molecule has 0 saturated heterocycles. The molecule has 0 aliphatic rings. The van der Waals surface area contributed by atoms with Crippen molar-refractivity contribution in [2.24, 2.45) is 10.8 Å². The lowest BCUT2D eigenvalue weighted by Crippen LogP contribution is -2.24. The highest BCUT2D eigenvalue weighted by atomic mass is 79.9. The Morgan fingerprint density at radius 3 is 2.85 bits per heavy atom. The largest absolute Gasteiger partial charge is 0.490 e. The van der Waals surface area contributed by atoms with Crippen LogP contribution in [-0.2, 0) is 4.79 Å². The molecule has 0 fully saturated rings. The quantitative estimate of drug-likeness (QED) is 0.274. The summed E-state index contributed by atoms with van der Waals surface area (Å²) in [6, 6.07) is 3.42.